The van der Waals surface area contributed by atoms with Crippen LogP contribution < -0.4 is 5.32 Å². The van der Waals surface area contributed by atoms with E-state index in [9.17, 15) is 45.6 Å². The Hall–Kier alpha value is -3.35. The van der Waals surface area contributed by atoms with E-state index in [4.69, 9.17) is 18.9 Å². The lowest BCUT2D eigenvalue weighted by atomic mass is 9.97. The summed E-state index contributed by atoms with van der Waals surface area (Å²) >= 11 is 0. The molecule has 2 fully saturated rings. The average molecular weight is 1280 g/mol. The number of amides is 1. The fraction of sp³-hybridized carbons (Fsp3) is 0.753. The van der Waals surface area contributed by atoms with Gasteiger partial charge in [-0.05, 0) is 96.3 Å². The van der Waals surface area contributed by atoms with Crippen molar-refractivity contribution in [2.24, 2.45) is 0 Å². The van der Waals surface area contributed by atoms with Gasteiger partial charge in [0.2, 0.25) is 5.91 Å². The highest BCUT2D eigenvalue weighted by Gasteiger charge is 2.51. The molecule has 524 valence electrons. The van der Waals surface area contributed by atoms with E-state index in [1.54, 1.807) is 6.08 Å². The number of hydrogen-bond donors (Lipinski definition) is 9. The number of nitrogens with one attached hydrogen (secondary N) is 1. The van der Waals surface area contributed by atoms with Crippen molar-refractivity contribution >= 4 is 5.91 Å². The zero-order valence-electron chi connectivity index (χ0n) is 57.1. The van der Waals surface area contributed by atoms with Crippen LogP contribution in [0.3, 0.4) is 0 Å². The maximum Gasteiger partial charge on any atom is 0.220 e. The van der Waals surface area contributed by atoms with Crippen molar-refractivity contribution in [1.29, 1.82) is 0 Å². The number of carbonyl (C=O) groups excluding carboxylic acids is 1. The van der Waals surface area contributed by atoms with Crippen molar-refractivity contribution in [3.05, 3.63) is 109 Å². The topological polar surface area (TPSA) is 228 Å². The molecule has 0 spiro atoms. The molecule has 2 saturated heterocycles. The molecule has 2 heterocycles. The highest BCUT2D eigenvalue weighted by molar-refractivity contribution is 5.76. The Morgan fingerprint density at radius 3 is 1.21 bits per heavy atom. The fourth-order valence-electron chi connectivity index (χ4n) is 11.4. The minimum absolute atomic E-state index is 0.258. The monoisotopic (exact) mass is 1280 g/mol. The predicted molar refractivity (Wildman–Crippen MR) is 373 cm³/mol. The van der Waals surface area contributed by atoms with E-state index in [-0.39, 0.29) is 18.9 Å². The van der Waals surface area contributed by atoms with Crippen LogP contribution in [0.25, 0.3) is 0 Å². The summed E-state index contributed by atoms with van der Waals surface area (Å²) in [6.07, 6.45) is 70.0. The van der Waals surface area contributed by atoms with Gasteiger partial charge in [0.25, 0.3) is 0 Å². The summed E-state index contributed by atoms with van der Waals surface area (Å²) in [5.41, 5.74) is 0. The van der Waals surface area contributed by atoms with Gasteiger partial charge in [0.1, 0.15) is 48.8 Å². The van der Waals surface area contributed by atoms with E-state index in [1.165, 1.54) is 154 Å². The summed E-state index contributed by atoms with van der Waals surface area (Å²) in [5.74, 6) is -0.260. The Morgan fingerprint density at radius 2 is 0.769 bits per heavy atom. The molecule has 14 heteroatoms. The van der Waals surface area contributed by atoms with Crippen molar-refractivity contribution in [2.75, 3.05) is 19.8 Å². The Kier molecular flexibility index (Phi) is 55.5. The van der Waals surface area contributed by atoms with Crippen LogP contribution in [0, 0.1) is 0 Å². The first-order valence-electron chi connectivity index (χ1n) is 36.6. The first-order valence-corrected chi connectivity index (χ1v) is 36.6. The van der Waals surface area contributed by atoms with Gasteiger partial charge in [0.05, 0.1) is 32.0 Å². The van der Waals surface area contributed by atoms with Crippen LogP contribution in [-0.2, 0) is 23.7 Å². The van der Waals surface area contributed by atoms with Gasteiger partial charge in [-0.3, -0.25) is 4.79 Å². The molecule has 14 nitrogen and oxygen atoms in total. The van der Waals surface area contributed by atoms with Crippen molar-refractivity contribution < 1.29 is 64.6 Å². The first kappa shape index (κ1) is 83.7. The van der Waals surface area contributed by atoms with Crippen molar-refractivity contribution in [2.45, 2.75) is 351 Å². The molecule has 0 aromatic carbocycles. The Morgan fingerprint density at radius 1 is 0.407 bits per heavy atom. The van der Waals surface area contributed by atoms with Crippen molar-refractivity contribution in [1.82, 2.24) is 5.32 Å². The number of unbranched alkanes of at least 4 members (excludes halogenated alkanes) is 30. The minimum atomic E-state index is -1.80. The molecular weight excluding hydrogens is 1150 g/mol. The van der Waals surface area contributed by atoms with E-state index in [0.29, 0.717) is 12.8 Å². The summed E-state index contributed by atoms with van der Waals surface area (Å²) in [6.45, 7) is 2.68. The smallest absolute Gasteiger partial charge is 0.220 e. The first-order chi connectivity index (χ1) is 44.6. The van der Waals surface area contributed by atoms with Gasteiger partial charge in [0, 0.05) is 6.42 Å². The van der Waals surface area contributed by atoms with Crippen LogP contribution >= 0.6 is 0 Å². The lowest BCUT2D eigenvalue weighted by molar-refractivity contribution is -0.359. The quantitative estimate of drug-likeness (QED) is 0.0204. The second-order valence-corrected chi connectivity index (χ2v) is 25.3. The predicted octanol–water partition coefficient (Wildman–Crippen LogP) is 15.5. The summed E-state index contributed by atoms with van der Waals surface area (Å²) in [6, 6.07) is -0.950. The van der Waals surface area contributed by atoms with Crippen molar-refractivity contribution in [3.8, 4) is 0 Å². The number of ether oxygens (including phenoxy) is 4. The molecule has 12 atom stereocenters. The summed E-state index contributed by atoms with van der Waals surface area (Å²) in [5, 5.41) is 87.5. The maximum atomic E-state index is 13.3. The maximum absolute atomic E-state index is 13.3. The third kappa shape index (κ3) is 44.1. The SMILES string of the molecule is CC/C=C\C/C=C\C/C=C\C/C=C\C/C=C\C/C=C\CCCCCCCCCCCCC(=O)NC(COC1OC(CO)C(OC2OC(CO)C(O)C(O)C2O)C(O)C1O)C(O)/C=C/CC/C=C/CC/C=C/CCCCCCCCCCCCCCCCCCCC. The van der Waals surface area contributed by atoms with Gasteiger partial charge in [0.15, 0.2) is 12.6 Å². The van der Waals surface area contributed by atoms with E-state index >= 15 is 0 Å². The van der Waals surface area contributed by atoms with Gasteiger partial charge in [-0.15, -0.1) is 0 Å². The van der Waals surface area contributed by atoms with E-state index in [1.807, 2.05) is 6.08 Å². The van der Waals surface area contributed by atoms with Crippen LogP contribution in [0.1, 0.15) is 277 Å². The molecule has 0 aliphatic carbocycles. The molecule has 1 amide bonds. The zero-order chi connectivity index (χ0) is 65.9. The number of rotatable bonds is 59. The number of allylic oxidation sites excluding steroid dienone is 17. The third-order valence-electron chi connectivity index (χ3n) is 17.2. The zero-order valence-corrected chi connectivity index (χ0v) is 57.1. The van der Waals surface area contributed by atoms with Crippen LogP contribution in [0.4, 0.5) is 0 Å². The average Bonchev–Trinajstić information content (AvgIpc) is 1.06. The van der Waals surface area contributed by atoms with Crippen LogP contribution in [0.5, 0.6) is 0 Å². The molecule has 0 radical (unpaired) electrons. The summed E-state index contributed by atoms with van der Waals surface area (Å²) < 4.78 is 22.8. The normalized spacial score (nSPS) is 23.5. The Labute approximate surface area is 553 Å². The van der Waals surface area contributed by atoms with E-state index in [0.717, 1.165) is 89.9 Å². The van der Waals surface area contributed by atoms with E-state index in [2.05, 4.69) is 116 Å². The number of aliphatic hydroxyl groups excluding tert-OH is 8. The molecule has 2 aliphatic rings. The largest absolute Gasteiger partial charge is 0.394 e. The Balaban J connectivity index is 1.70. The van der Waals surface area contributed by atoms with Gasteiger partial charge < -0.3 is 65.1 Å². The summed E-state index contributed by atoms with van der Waals surface area (Å²) in [7, 11) is 0. The highest BCUT2D eigenvalue weighted by Crippen LogP contribution is 2.30. The molecule has 12 unspecified atom stereocenters. The standard InChI is InChI=1S/C77H133NO13/c1-3-5-7-9-11-13-15-17-19-21-23-25-27-29-31-33-35-37-39-41-43-45-47-49-51-53-55-57-59-61-69(82)78-65(64-88-76-74(87)72(85)75(68(63-80)90-76)91-77-73(86)71(84)70(83)67(62-79)89-77)66(81)60-58-56-54-52-50-48-46-44-42-40-38-36-34-32-30-28-26-24-22-20-18-16-14-12-10-8-6-4-2/h5,7,11,13,17,19,23,25,29,31,35,37,42,44,50,52,58,60,65-68,70-77,79-81,83-87H,3-4,6,8-10,12,14-16,18,20-22,24,26-28,30,32-34,36,38-41,43,45-49,51,53-57,59,61-64H2,1-2H3,(H,78,82)/b7-5-,13-11-,19-17-,25-23-,31-29-,37-35-,44-42+,52-50+,60-58+. The molecule has 0 aromatic rings. The summed E-state index contributed by atoms with van der Waals surface area (Å²) in [4.78, 5) is 13.3. The molecule has 9 N–H and O–H groups in total. The van der Waals surface area contributed by atoms with Gasteiger partial charge in [-0.1, -0.05) is 284 Å². The molecule has 0 bridgehead atoms. The van der Waals surface area contributed by atoms with Crippen molar-refractivity contribution in [3.63, 3.8) is 0 Å². The number of aliphatic hydroxyl groups is 8. The lowest BCUT2D eigenvalue weighted by Crippen LogP contribution is -2.65. The van der Waals surface area contributed by atoms with E-state index < -0.39 is 86.8 Å². The van der Waals surface area contributed by atoms with Crippen LogP contribution in [-0.4, -0.2) is 140 Å². The third-order valence-corrected chi connectivity index (χ3v) is 17.2. The second kappa shape index (κ2) is 60.3. The molecule has 2 rings (SSSR count). The second-order valence-electron chi connectivity index (χ2n) is 25.3. The molecule has 91 heavy (non-hydrogen) atoms. The van der Waals surface area contributed by atoms with Crippen LogP contribution in [0.2, 0.25) is 0 Å². The lowest BCUT2D eigenvalue weighted by Gasteiger charge is -2.46. The fourth-order valence-corrected chi connectivity index (χ4v) is 11.4. The van der Waals surface area contributed by atoms with Gasteiger partial charge in [-0.2, -0.15) is 0 Å². The van der Waals surface area contributed by atoms with Gasteiger partial charge >= 0.3 is 0 Å². The molecule has 0 aromatic heterocycles. The van der Waals surface area contributed by atoms with Crippen LogP contribution in [0.15, 0.2) is 109 Å². The molecular formula is C77H133NO13. The highest BCUT2D eigenvalue weighted by atomic mass is 16.7. The minimum Gasteiger partial charge on any atom is -0.394 e. The number of carbonyl (C=O) groups is 1. The molecule has 2 aliphatic heterocycles. The Bertz CT molecular complexity index is 1950. The van der Waals surface area contributed by atoms with Gasteiger partial charge in [-0.25, -0.2) is 0 Å². The molecule has 0 saturated carbocycles. The number of hydrogen-bond acceptors (Lipinski definition) is 13.